The lowest BCUT2D eigenvalue weighted by Crippen LogP contribution is -2.27. The molecule has 0 aliphatic carbocycles. The molecule has 5 nitrogen and oxygen atoms in total. The van der Waals surface area contributed by atoms with Gasteiger partial charge < -0.3 is 10.6 Å². The van der Waals surface area contributed by atoms with E-state index in [9.17, 15) is 4.79 Å². The van der Waals surface area contributed by atoms with Crippen LogP contribution in [0.4, 0.5) is 10.8 Å². The van der Waals surface area contributed by atoms with Crippen LogP contribution < -0.4 is 10.6 Å². The molecule has 0 aliphatic rings. The molecule has 3 rings (SSSR count). The summed E-state index contributed by atoms with van der Waals surface area (Å²) in [6.07, 6.45) is 0.833. The van der Waals surface area contributed by atoms with Crippen LogP contribution in [0, 0.1) is 13.8 Å². The van der Waals surface area contributed by atoms with Crippen LogP contribution in [-0.2, 0) is 11.2 Å². The van der Waals surface area contributed by atoms with Gasteiger partial charge in [0.2, 0.25) is 11.0 Å². The van der Waals surface area contributed by atoms with Crippen molar-refractivity contribution in [1.29, 1.82) is 0 Å². The maximum Gasteiger partial charge on any atom is 0.230 e. The molecule has 1 aromatic heterocycles. The fourth-order valence-corrected chi connectivity index (χ4v) is 4.08. The summed E-state index contributed by atoms with van der Waals surface area (Å²) in [7, 11) is 0. The van der Waals surface area contributed by atoms with Gasteiger partial charge in [-0.15, -0.1) is 10.2 Å². The molecular weight excluding hydrogens is 376 g/mol. The fraction of sp³-hybridized carbons (Fsp3) is 0.250. The van der Waals surface area contributed by atoms with E-state index in [0.717, 1.165) is 21.6 Å². The highest BCUT2D eigenvalue weighted by molar-refractivity contribution is 8.01. The maximum absolute atomic E-state index is 12.0. The summed E-state index contributed by atoms with van der Waals surface area (Å²) in [5.74, 6) is 0.350. The zero-order chi connectivity index (χ0) is 19.1. The first-order valence-electron chi connectivity index (χ1n) is 8.72. The third kappa shape index (κ3) is 5.80. The third-order valence-electron chi connectivity index (χ3n) is 4.16. The van der Waals surface area contributed by atoms with Crippen LogP contribution in [0.2, 0.25) is 0 Å². The maximum atomic E-state index is 12.0. The first-order valence-corrected chi connectivity index (χ1v) is 10.5. The van der Waals surface area contributed by atoms with Crippen molar-refractivity contribution in [3.05, 3.63) is 65.2 Å². The molecular formula is C20H22N4OS2. The minimum Gasteiger partial charge on any atom is -0.355 e. The van der Waals surface area contributed by atoms with Gasteiger partial charge in [-0.1, -0.05) is 65.6 Å². The zero-order valence-electron chi connectivity index (χ0n) is 15.4. The lowest BCUT2D eigenvalue weighted by atomic mass is 10.1. The van der Waals surface area contributed by atoms with E-state index in [0.29, 0.717) is 12.3 Å². The normalized spacial score (nSPS) is 10.6. The summed E-state index contributed by atoms with van der Waals surface area (Å²) in [4.78, 5) is 12.0. The Bertz CT molecular complexity index is 896. The predicted octanol–water partition coefficient (Wildman–Crippen LogP) is 4.35. The Kier molecular flexibility index (Phi) is 6.84. The van der Waals surface area contributed by atoms with Crippen LogP contribution in [0.25, 0.3) is 0 Å². The quantitative estimate of drug-likeness (QED) is 0.552. The number of carbonyl (C=O) groups excluding carboxylic acids is 1. The van der Waals surface area contributed by atoms with Crippen LogP contribution in [0.3, 0.4) is 0 Å². The number of aryl methyl sites for hydroxylation is 1. The lowest BCUT2D eigenvalue weighted by molar-refractivity contribution is -0.118. The average Bonchev–Trinajstić information content (AvgIpc) is 3.12. The topological polar surface area (TPSA) is 66.9 Å². The molecule has 0 spiro atoms. The highest BCUT2D eigenvalue weighted by atomic mass is 32.2. The van der Waals surface area contributed by atoms with Crippen molar-refractivity contribution in [1.82, 2.24) is 15.5 Å². The van der Waals surface area contributed by atoms with E-state index in [2.05, 4.69) is 52.9 Å². The number of hydrogen-bond acceptors (Lipinski definition) is 6. The summed E-state index contributed by atoms with van der Waals surface area (Å²) in [6.45, 7) is 4.80. The molecule has 0 aliphatic heterocycles. The molecule has 0 saturated carbocycles. The molecule has 2 N–H and O–H groups in total. The smallest absolute Gasteiger partial charge is 0.230 e. The predicted molar refractivity (Wildman–Crippen MR) is 113 cm³/mol. The molecule has 7 heteroatoms. The monoisotopic (exact) mass is 398 g/mol. The van der Waals surface area contributed by atoms with Crippen LogP contribution in [0.5, 0.6) is 0 Å². The van der Waals surface area contributed by atoms with Crippen molar-refractivity contribution in [3.8, 4) is 0 Å². The van der Waals surface area contributed by atoms with Gasteiger partial charge >= 0.3 is 0 Å². The number of hydrogen-bond donors (Lipinski definition) is 2. The largest absolute Gasteiger partial charge is 0.355 e. The molecule has 0 saturated heterocycles. The number of anilines is 2. The van der Waals surface area contributed by atoms with Gasteiger partial charge in [0.15, 0.2) is 4.34 Å². The zero-order valence-corrected chi connectivity index (χ0v) is 17.0. The minimum atomic E-state index is 0.00942. The first-order chi connectivity index (χ1) is 13.1. The second kappa shape index (κ2) is 9.53. The van der Waals surface area contributed by atoms with E-state index >= 15 is 0 Å². The Hall–Kier alpha value is -2.38. The van der Waals surface area contributed by atoms with Crippen molar-refractivity contribution in [2.45, 2.75) is 24.6 Å². The minimum absolute atomic E-state index is 0.00942. The molecule has 1 amide bonds. The SMILES string of the molecule is Cc1cccc(Nc2nnc(SCC(=O)NCCc3ccccc3)s2)c1C. The summed E-state index contributed by atoms with van der Waals surface area (Å²) in [6, 6.07) is 16.2. The van der Waals surface area contributed by atoms with Crippen molar-refractivity contribution in [3.63, 3.8) is 0 Å². The molecule has 0 unspecified atom stereocenters. The second-order valence-electron chi connectivity index (χ2n) is 6.12. The summed E-state index contributed by atoms with van der Waals surface area (Å²) >= 11 is 2.86. The number of amides is 1. The third-order valence-corrected chi connectivity index (χ3v) is 6.13. The van der Waals surface area contributed by atoms with E-state index in [1.165, 1.54) is 39.8 Å². The standard InChI is InChI=1S/C20H22N4OS2/c1-14-7-6-10-17(15(14)2)22-19-23-24-20(27-19)26-13-18(25)21-12-11-16-8-4-3-5-9-16/h3-10H,11-13H2,1-2H3,(H,21,25)(H,22,23). The van der Waals surface area contributed by atoms with E-state index in [1.807, 2.05) is 30.3 Å². The number of aromatic nitrogens is 2. The Morgan fingerprint density at radius 2 is 1.89 bits per heavy atom. The van der Waals surface area contributed by atoms with Crippen molar-refractivity contribution < 1.29 is 4.79 Å². The second-order valence-corrected chi connectivity index (χ2v) is 8.32. The Morgan fingerprint density at radius 1 is 1.07 bits per heavy atom. The average molecular weight is 399 g/mol. The molecule has 0 fully saturated rings. The molecule has 0 radical (unpaired) electrons. The highest BCUT2D eigenvalue weighted by Crippen LogP contribution is 2.29. The van der Waals surface area contributed by atoms with Crippen LogP contribution in [0.1, 0.15) is 16.7 Å². The van der Waals surface area contributed by atoms with Crippen LogP contribution >= 0.6 is 23.1 Å². The highest BCUT2D eigenvalue weighted by Gasteiger charge is 2.09. The summed E-state index contributed by atoms with van der Waals surface area (Å²) < 4.78 is 0.779. The number of rotatable bonds is 8. The van der Waals surface area contributed by atoms with Gasteiger partial charge in [0.25, 0.3) is 0 Å². The summed E-state index contributed by atoms with van der Waals surface area (Å²) in [5.41, 5.74) is 4.67. The van der Waals surface area contributed by atoms with Gasteiger partial charge in [-0.25, -0.2) is 0 Å². The molecule has 3 aromatic rings. The Balaban J connectivity index is 1.43. The molecule has 0 bridgehead atoms. The molecule has 27 heavy (non-hydrogen) atoms. The summed E-state index contributed by atoms with van der Waals surface area (Å²) in [5, 5.41) is 15.3. The number of carbonyl (C=O) groups is 1. The molecule has 0 atom stereocenters. The number of thioether (sulfide) groups is 1. The van der Waals surface area contributed by atoms with E-state index in [-0.39, 0.29) is 5.91 Å². The molecule has 2 aromatic carbocycles. The Labute approximate surface area is 167 Å². The van der Waals surface area contributed by atoms with Gasteiger partial charge in [0, 0.05) is 12.2 Å². The van der Waals surface area contributed by atoms with Gasteiger partial charge in [0.1, 0.15) is 0 Å². The van der Waals surface area contributed by atoms with Crippen LogP contribution in [0.15, 0.2) is 52.9 Å². The molecule has 140 valence electrons. The lowest BCUT2D eigenvalue weighted by Gasteiger charge is -2.08. The Morgan fingerprint density at radius 3 is 2.70 bits per heavy atom. The van der Waals surface area contributed by atoms with Gasteiger partial charge in [-0.05, 0) is 43.0 Å². The number of benzene rings is 2. The number of nitrogens with zero attached hydrogens (tertiary/aromatic N) is 2. The molecule has 1 heterocycles. The fourth-order valence-electron chi connectivity index (χ4n) is 2.49. The van der Waals surface area contributed by atoms with Crippen molar-refractivity contribution in [2.75, 3.05) is 17.6 Å². The van der Waals surface area contributed by atoms with Crippen molar-refractivity contribution in [2.24, 2.45) is 0 Å². The first kappa shape index (κ1) is 19.4. The van der Waals surface area contributed by atoms with Gasteiger partial charge in [0.05, 0.1) is 5.75 Å². The van der Waals surface area contributed by atoms with E-state index in [4.69, 9.17) is 0 Å². The van der Waals surface area contributed by atoms with E-state index < -0.39 is 0 Å². The number of nitrogens with one attached hydrogen (secondary N) is 2. The van der Waals surface area contributed by atoms with Crippen LogP contribution in [-0.4, -0.2) is 28.4 Å². The van der Waals surface area contributed by atoms with Gasteiger partial charge in [-0.2, -0.15) is 0 Å². The van der Waals surface area contributed by atoms with E-state index in [1.54, 1.807) is 0 Å². The van der Waals surface area contributed by atoms with Crippen molar-refractivity contribution >= 4 is 39.8 Å². The van der Waals surface area contributed by atoms with Gasteiger partial charge in [-0.3, -0.25) is 4.79 Å².